The van der Waals surface area contributed by atoms with E-state index in [1.807, 2.05) is 6.07 Å². The number of carbonyl (C=O) groups is 1. The molecule has 1 rings (SSSR count). The minimum absolute atomic E-state index is 0.0967. The first-order valence-corrected chi connectivity index (χ1v) is 5.06. The molecule has 84 valence electrons. The molecule has 0 saturated carbocycles. The molecule has 0 aromatic heterocycles. The molecule has 1 amide bonds. The van der Waals surface area contributed by atoms with Gasteiger partial charge in [0.15, 0.2) is 5.82 Å². The van der Waals surface area contributed by atoms with Crippen LogP contribution < -0.4 is 5.32 Å². The smallest absolute Gasteiger partial charge is 0.254 e. The summed E-state index contributed by atoms with van der Waals surface area (Å²) in [6.07, 6.45) is 0.175. The van der Waals surface area contributed by atoms with Crippen molar-refractivity contribution in [3.63, 3.8) is 0 Å². The van der Waals surface area contributed by atoms with Crippen LogP contribution in [0.25, 0.3) is 0 Å². The molecule has 1 N–H and O–H groups in total. The lowest BCUT2D eigenvalue weighted by molar-refractivity contribution is 0.0937. The maximum absolute atomic E-state index is 13.4. The van der Waals surface area contributed by atoms with Gasteiger partial charge in [0.05, 0.1) is 23.1 Å². The third kappa shape index (κ3) is 2.94. The molecule has 1 aromatic carbocycles. The summed E-state index contributed by atoms with van der Waals surface area (Å²) >= 11 is 5.55. The van der Waals surface area contributed by atoms with Gasteiger partial charge in [0.2, 0.25) is 0 Å². The molecule has 0 bridgehead atoms. The number of rotatable bonds is 3. The van der Waals surface area contributed by atoms with Gasteiger partial charge in [-0.1, -0.05) is 17.7 Å². The molecule has 0 heterocycles. The highest BCUT2D eigenvalue weighted by atomic mass is 35.5. The van der Waals surface area contributed by atoms with E-state index in [-0.39, 0.29) is 23.0 Å². The monoisotopic (exact) mass is 240 g/mol. The average molecular weight is 241 g/mol. The van der Waals surface area contributed by atoms with Gasteiger partial charge in [0.1, 0.15) is 0 Å². The van der Waals surface area contributed by atoms with Crippen LogP contribution in [0.2, 0.25) is 5.02 Å². The van der Waals surface area contributed by atoms with Crippen molar-refractivity contribution in [2.24, 2.45) is 0 Å². The maximum Gasteiger partial charge on any atom is 0.254 e. The van der Waals surface area contributed by atoms with E-state index in [0.717, 1.165) is 0 Å². The van der Waals surface area contributed by atoms with E-state index in [1.165, 1.54) is 18.2 Å². The average Bonchev–Trinajstić information content (AvgIpc) is 2.22. The number of nitriles is 1. The van der Waals surface area contributed by atoms with Gasteiger partial charge in [0.25, 0.3) is 5.91 Å². The van der Waals surface area contributed by atoms with E-state index in [4.69, 9.17) is 16.9 Å². The number of nitrogens with zero attached hydrogens (tertiary/aromatic N) is 1. The van der Waals surface area contributed by atoms with Crippen LogP contribution in [0.3, 0.4) is 0 Å². The molecule has 16 heavy (non-hydrogen) atoms. The van der Waals surface area contributed by atoms with Crippen LogP contribution in [0.4, 0.5) is 4.39 Å². The normalized spacial score (nSPS) is 11.6. The van der Waals surface area contributed by atoms with Crippen molar-refractivity contribution in [2.75, 3.05) is 0 Å². The van der Waals surface area contributed by atoms with Gasteiger partial charge in [0, 0.05) is 6.04 Å². The molecule has 1 unspecified atom stereocenters. The van der Waals surface area contributed by atoms with Crippen LogP contribution in [0, 0.1) is 17.1 Å². The van der Waals surface area contributed by atoms with Crippen molar-refractivity contribution in [3.8, 4) is 6.07 Å². The van der Waals surface area contributed by atoms with Crippen LogP contribution in [-0.4, -0.2) is 11.9 Å². The van der Waals surface area contributed by atoms with E-state index in [0.29, 0.717) is 0 Å². The second-order valence-electron chi connectivity index (χ2n) is 3.34. The lowest BCUT2D eigenvalue weighted by Crippen LogP contribution is -2.32. The Balaban J connectivity index is 2.82. The van der Waals surface area contributed by atoms with E-state index in [2.05, 4.69) is 5.32 Å². The second kappa shape index (κ2) is 5.47. The summed E-state index contributed by atoms with van der Waals surface area (Å²) in [6, 6.07) is 5.80. The second-order valence-corrected chi connectivity index (χ2v) is 3.75. The molecular formula is C11H10ClFN2O. The Bertz CT molecular complexity index is 442. The molecular weight excluding hydrogens is 231 g/mol. The molecule has 3 nitrogen and oxygen atoms in total. The first-order valence-electron chi connectivity index (χ1n) is 4.68. The molecule has 0 aliphatic rings. The number of nitrogens with one attached hydrogen (secondary N) is 1. The molecule has 0 saturated heterocycles. The summed E-state index contributed by atoms with van der Waals surface area (Å²) in [5.74, 6) is -1.31. The summed E-state index contributed by atoms with van der Waals surface area (Å²) in [5, 5.41) is 10.8. The van der Waals surface area contributed by atoms with Crippen molar-refractivity contribution >= 4 is 17.5 Å². The number of halogens is 2. The van der Waals surface area contributed by atoms with Crippen molar-refractivity contribution in [2.45, 2.75) is 19.4 Å². The Labute approximate surface area is 97.8 Å². The first-order chi connectivity index (χ1) is 7.56. The van der Waals surface area contributed by atoms with Gasteiger partial charge in [-0.05, 0) is 19.1 Å². The highest BCUT2D eigenvalue weighted by Gasteiger charge is 2.15. The van der Waals surface area contributed by atoms with Gasteiger partial charge in [-0.15, -0.1) is 0 Å². The number of amides is 1. The minimum Gasteiger partial charge on any atom is -0.348 e. The number of hydrogen-bond acceptors (Lipinski definition) is 2. The van der Waals surface area contributed by atoms with Crippen LogP contribution in [0.15, 0.2) is 18.2 Å². The molecule has 0 aliphatic carbocycles. The lowest BCUT2D eigenvalue weighted by Gasteiger charge is -2.10. The zero-order valence-electron chi connectivity index (χ0n) is 8.63. The van der Waals surface area contributed by atoms with Crippen molar-refractivity contribution in [1.82, 2.24) is 5.32 Å². The summed E-state index contributed by atoms with van der Waals surface area (Å²) in [5.41, 5.74) is -0.114. The van der Waals surface area contributed by atoms with Crippen LogP contribution in [-0.2, 0) is 0 Å². The number of benzene rings is 1. The number of hydrogen-bond donors (Lipinski definition) is 1. The summed E-state index contributed by atoms with van der Waals surface area (Å²) in [6.45, 7) is 1.67. The van der Waals surface area contributed by atoms with Gasteiger partial charge in [-0.2, -0.15) is 5.26 Å². The highest BCUT2D eigenvalue weighted by molar-refractivity contribution is 6.31. The largest absolute Gasteiger partial charge is 0.348 e. The first kappa shape index (κ1) is 12.5. The minimum atomic E-state index is -0.745. The van der Waals surface area contributed by atoms with Crippen molar-refractivity contribution in [1.29, 1.82) is 5.26 Å². The van der Waals surface area contributed by atoms with Crippen molar-refractivity contribution < 1.29 is 9.18 Å². The van der Waals surface area contributed by atoms with Gasteiger partial charge >= 0.3 is 0 Å². The Hall–Kier alpha value is -1.60. The Morgan fingerprint density at radius 2 is 2.38 bits per heavy atom. The summed E-state index contributed by atoms with van der Waals surface area (Å²) in [7, 11) is 0. The zero-order chi connectivity index (χ0) is 12.1. The van der Waals surface area contributed by atoms with E-state index in [9.17, 15) is 9.18 Å². The molecule has 0 spiro atoms. The standard InChI is InChI=1S/C11H10ClFN2O/c1-7(5-6-14)15-11(16)8-3-2-4-9(12)10(8)13/h2-4,7H,5H2,1H3,(H,15,16). The fourth-order valence-electron chi connectivity index (χ4n) is 1.17. The zero-order valence-corrected chi connectivity index (χ0v) is 9.38. The summed E-state index contributed by atoms with van der Waals surface area (Å²) < 4.78 is 13.4. The van der Waals surface area contributed by atoms with Crippen LogP contribution >= 0.6 is 11.6 Å². The lowest BCUT2D eigenvalue weighted by atomic mass is 10.1. The maximum atomic E-state index is 13.4. The summed E-state index contributed by atoms with van der Waals surface area (Å²) in [4.78, 5) is 11.6. The van der Waals surface area contributed by atoms with Crippen molar-refractivity contribution in [3.05, 3.63) is 34.6 Å². The van der Waals surface area contributed by atoms with Gasteiger partial charge in [-0.3, -0.25) is 4.79 Å². The highest BCUT2D eigenvalue weighted by Crippen LogP contribution is 2.17. The third-order valence-corrected chi connectivity index (χ3v) is 2.26. The van der Waals surface area contributed by atoms with Crippen LogP contribution in [0.5, 0.6) is 0 Å². The van der Waals surface area contributed by atoms with Gasteiger partial charge < -0.3 is 5.32 Å². The van der Waals surface area contributed by atoms with Crippen LogP contribution in [0.1, 0.15) is 23.7 Å². The van der Waals surface area contributed by atoms with Gasteiger partial charge in [-0.25, -0.2) is 4.39 Å². The Morgan fingerprint density at radius 3 is 3.00 bits per heavy atom. The molecule has 5 heteroatoms. The fourth-order valence-corrected chi connectivity index (χ4v) is 1.34. The Kier molecular flexibility index (Phi) is 4.27. The molecule has 0 aliphatic heterocycles. The predicted octanol–water partition coefficient (Wildman–Crippen LogP) is 2.51. The molecule has 1 aromatic rings. The fraction of sp³-hybridized carbons (Fsp3) is 0.273. The third-order valence-electron chi connectivity index (χ3n) is 1.97. The van der Waals surface area contributed by atoms with E-state index >= 15 is 0 Å². The number of carbonyl (C=O) groups excluding carboxylic acids is 1. The topological polar surface area (TPSA) is 52.9 Å². The molecule has 0 fully saturated rings. The SMILES string of the molecule is CC(CC#N)NC(=O)c1cccc(Cl)c1F. The quantitative estimate of drug-likeness (QED) is 0.883. The molecule has 0 radical (unpaired) electrons. The predicted molar refractivity (Wildman–Crippen MR) is 58.6 cm³/mol. The van der Waals surface area contributed by atoms with E-state index < -0.39 is 11.7 Å². The molecule has 1 atom stereocenters. The Morgan fingerprint density at radius 1 is 1.69 bits per heavy atom. The van der Waals surface area contributed by atoms with E-state index in [1.54, 1.807) is 6.92 Å².